The maximum absolute atomic E-state index is 11.9. The van der Waals surface area contributed by atoms with Gasteiger partial charge < -0.3 is 10.2 Å². The summed E-state index contributed by atoms with van der Waals surface area (Å²) in [6, 6.07) is 7.63. The molecule has 1 N–H and O–H groups in total. The standard InChI is InChI=1S/C13H17F3N2O/c1-10-4-3-5-11(6-10)8-18(2)12(19)7-17-9-13(14,15)16/h3-6,17H,7-9H2,1-2H3. The number of nitrogens with one attached hydrogen (secondary N) is 1. The number of amides is 1. The molecule has 0 unspecified atom stereocenters. The highest BCUT2D eigenvalue weighted by Gasteiger charge is 2.26. The molecule has 0 atom stereocenters. The fourth-order valence-electron chi connectivity index (χ4n) is 1.62. The van der Waals surface area contributed by atoms with E-state index in [4.69, 9.17) is 0 Å². The fraction of sp³-hybridized carbons (Fsp3) is 0.462. The first-order valence-electron chi connectivity index (χ1n) is 5.85. The van der Waals surface area contributed by atoms with Crippen LogP contribution in [0.4, 0.5) is 13.2 Å². The Labute approximate surface area is 110 Å². The summed E-state index contributed by atoms with van der Waals surface area (Å²) in [4.78, 5) is 13.0. The van der Waals surface area contributed by atoms with Crippen LogP contribution in [0.15, 0.2) is 24.3 Å². The molecule has 0 saturated heterocycles. The maximum Gasteiger partial charge on any atom is 0.401 e. The summed E-state index contributed by atoms with van der Waals surface area (Å²) < 4.78 is 35.7. The lowest BCUT2D eigenvalue weighted by molar-refractivity contribution is -0.133. The lowest BCUT2D eigenvalue weighted by Crippen LogP contribution is -2.38. The second-order valence-electron chi connectivity index (χ2n) is 4.46. The van der Waals surface area contributed by atoms with Gasteiger partial charge in [-0.15, -0.1) is 0 Å². The third-order valence-electron chi connectivity index (χ3n) is 2.53. The van der Waals surface area contributed by atoms with Gasteiger partial charge in [0.05, 0.1) is 13.1 Å². The number of hydrogen-bond acceptors (Lipinski definition) is 2. The molecule has 0 radical (unpaired) electrons. The van der Waals surface area contributed by atoms with E-state index in [2.05, 4.69) is 5.32 Å². The van der Waals surface area contributed by atoms with Gasteiger partial charge in [0.1, 0.15) is 0 Å². The van der Waals surface area contributed by atoms with Crippen molar-refractivity contribution in [2.75, 3.05) is 20.1 Å². The largest absolute Gasteiger partial charge is 0.401 e. The average molecular weight is 274 g/mol. The molecule has 0 aliphatic carbocycles. The highest BCUT2D eigenvalue weighted by atomic mass is 19.4. The molecule has 1 aromatic rings. The van der Waals surface area contributed by atoms with E-state index in [0.29, 0.717) is 6.54 Å². The van der Waals surface area contributed by atoms with Gasteiger partial charge in [0, 0.05) is 13.6 Å². The van der Waals surface area contributed by atoms with Gasteiger partial charge in [0.15, 0.2) is 0 Å². The Morgan fingerprint density at radius 3 is 2.63 bits per heavy atom. The van der Waals surface area contributed by atoms with Crippen molar-refractivity contribution in [2.24, 2.45) is 0 Å². The quantitative estimate of drug-likeness (QED) is 0.892. The van der Waals surface area contributed by atoms with E-state index in [-0.39, 0.29) is 12.5 Å². The molecule has 0 bridgehead atoms. The number of nitrogens with zero attached hydrogens (tertiary/aromatic N) is 1. The Kier molecular flexibility index (Phi) is 5.35. The Morgan fingerprint density at radius 1 is 1.37 bits per heavy atom. The molecule has 1 aromatic carbocycles. The molecule has 1 rings (SSSR count). The third kappa shape index (κ3) is 6.24. The zero-order chi connectivity index (χ0) is 14.5. The van der Waals surface area contributed by atoms with E-state index in [1.165, 1.54) is 4.90 Å². The summed E-state index contributed by atoms with van der Waals surface area (Å²) in [6.45, 7) is 0.850. The summed E-state index contributed by atoms with van der Waals surface area (Å²) in [5.74, 6) is -0.370. The summed E-state index contributed by atoms with van der Waals surface area (Å²) >= 11 is 0. The van der Waals surface area contributed by atoms with E-state index < -0.39 is 12.7 Å². The number of rotatable bonds is 5. The number of aryl methyl sites for hydroxylation is 1. The van der Waals surface area contributed by atoms with Crippen molar-refractivity contribution in [2.45, 2.75) is 19.6 Å². The van der Waals surface area contributed by atoms with Crippen LogP contribution in [0.3, 0.4) is 0 Å². The van der Waals surface area contributed by atoms with Crippen LogP contribution in [0.5, 0.6) is 0 Å². The van der Waals surface area contributed by atoms with Crippen LogP contribution in [-0.2, 0) is 11.3 Å². The highest BCUT2D eigenvalue weighted by molar-refractivity contribution is 5.77. The molecule has 0 spiro atoms. The van der Waals surface area contributed by atoms with Crippen molar-refractivity contribution in [3.05, 3.63) is 35.4 Å². The van der Waals surface area contributed by atoms with Crippen LogP contribution >= 0.6 is 0 Å². The van der Waals surface area contributed by atoms with E-state index in [9.17, 15) is 18.0 Å². The van der Waals surface area contributed by atoms with E-state index in [0.717, 1.165) is 11.1 Å². The summed E-state index contributed by atoms with van der Waals surface area (Å²) in [6.07, 6.45) is -4.30. The molecular formula is C13H17F3N2O. The lowest BCUT2D eigenvalue weighted by Gasteiger charge is -2.18. The summed E-state index contributed by atoms with van der Waals surface area (Å²) in [7, 11) is 1.57. The molecule has 19 heavy (non-hydrogen) atoms. The van der Waals surface area contributed by atoms with Crippen molar-refractivity contribution in [1.82, 2.24) is 10.2 Å². The number of alkyl halides is 3. The molecular weight excluding hydrogens is 257 g/mol. The van der Waals surface area contributed by atoms with Crippen LogP contribution < -0.4 is 5.32 Å². The Balaban J connectivity index is 2.41. The monoisotopic (exact) mass is 274 g/mol. The summed E-state index contributed by atoms with van der Waals surface area (Å²) in [5.41, 5.74) is 2.03. The fourth-order valence-corrected chi connectivity index (χ4v) is 1.62. The first-order chi connectivity index (χ1) is 8.78. The molecule has 0 saturated carbocycles. The minimum absolute atomic E-state index is 0.318. The Morgan fingerprint density at radius 2 is 2.05 bits per heavy atom. The molecule has 0 aliphatic rings. The number of likely N-dealkylation sites (N-methyl/N-ethyl adjacent to an activating group) is 1. The molecule has 0 aromatic heterocycles. The van der Waals surface area contributed by atoms with Crippen molar-refractivity contribution >= 4 is 5.91 Å². The van der Waals surface area contributed by atoms with Crippen LogP contribution in [0.1, 0.15) is 11.1 Å². The van der Waals surface area contributed by atoms with Gasteiger partial charge in [0.2, 0.25) is 5.91 Å². The van der Waals surface area contributed by atoms with Crippen LogP contribution in [0.25, 0.3) is 0 Å². The molecule has 3 nitrogen and oxygen atoms in total. The van der Waals surface area contributed by atoms with E-state index in [1.807, 2.05) is 31.2 Å². The van der Waals surface area contributed by atoms with Crippen molar-refractivity contribution in [3.8, 4) is 0 Å². The molecule has 0 heterocycles. The minimum Gasteiger partial charge on any atom is -0.340 e. The number of halogens is 3. The molecule has 106 valence electrons. The first kappa shape index (κ1) is 15.5. The van der Waals surface area contributed by atoms with Crippen molar-refractivity contribution < 1.29 is 18.0 Å². The number of carbonyl (C=O) groups is 1. The molecule has 0 aliphatic heterocycles. The second-order valence-corrected chi connectivity index (χ2v) is 4.46. The van der Waals surface area contributed by atoms with Gasteiger partial charge in [0.25, 0.3) is 0 Å². The van der Waals surface area contributed by atoms with E-state index in [1.54, 1.807) is 7.05 Å². The second kappa shape index (κ2) is 6.56. The van der Waals surface area contributed by atoms with Gasteiger partial charge in [-0.3, -0.25) is 4.79 Å². The van der Waals surface area contributed by atoms with Crippen LogP contribution in [0, 0.1) is 6.92 Å². The Hall–Kier alpha value is -1.56. The minimum atomic E-state index is -4.30. The normalized spacial score (nSPS) is 11.4. The van der Waals surface area contributed by atoms with Gasteiger partial charge in [-0.25, -0.2) is 0 Å². The number of carbonyl (C=O) groups excluding carboxylic acids is 1. The zero-order valence-corrected chi connectivity index (χ0v) is 10.9. The van der Waals surface area contributed by atoms with Gasteiger partial charge in [-0.1, -0.05) is 29.8 Å². The van der Waals surface area contributed by atoms with E-state index >= 15 is 0 Å². The Bertz CT molecular complexity index is 432. The first-order valence-corrected chi connectivity index (χ1v) is 5.85. The zero-order valence-electron chi connectivity index (χ0n) is 10.9. The molecule has 6 heteroatoms. The highest BCUT2D eigenvalue weighted by Crippen LogP contribution is 2.12. The predicted octanol–water partition coefficient (Wildman–Crippen LogP) is 2.11. The third-order valence-corrected chi connectivity index (χ3v) is 2.53. The average Bonchev–Trinajstić information content (AvgIpc) is 2.27. The predicted molar refractivity (Wildman–Crippen MR) is 66.6 cm³/mol. The number of benzene rings is 1. The van der Waals surface area contributed by atoms with Crippen molar-refractivity contribution in [1.29, 1.82) is 0 Å². The maximum atomic E-state index is 11.9. The molecule has 1 amide bonds. The van der Waals surface area contributed by atoms with Crippen molar-refractivity contribution in [3.63, 3.8) is 0 Å². The molecule has 0 fully saturated rings. The number of hydrogen-bond donors (Lipinski definition) is 1. The van der Waals surface area contributed by atoms with Gasteiger partial charge in [-0.2, -0.15) is 13.2 Å². The van der Waals surface area contributed by atoms with Crippen LogP contribution in [0.2, 0.25) is 0 Å². The van der Waals surface area contributed by atoms with Gasteiger partial charge >= 0.3 is 6.18 Å². The summed E-state index contributed by atoms with van der Waals surface area (Å²) in [5, 5.41) is 2.09. The lowest BCUT2D eigenvalue weighted by atomic mass is 10.1. The topological polar surface area (TPSA) is 32.3 Å². The smallest absolute Gasteiger partial charge is 0.340 e. The van der Waals surface area contributed by atoms with Crippen LogP contribution in [-0.4, -0.2) is 37.1 Å². The van der Waals surface area contributed by atoms with Gasteiger partial charge in [-0.05, 0) is 12.5 Å². The SMILES string of the molecule is Cc1cccc(CN(C)C(=O)CNCC(F)(F)F)c1.